The van der Waals surface area contributed by atoms with E-state index in [9.17, 15) is 42.3 Å². The lowest BCUT2D eigenvalue weighted by Gasteiger charge is -2.26. The number of rotatable bonds is 8. The summed E-state index contributed by atoms with van der Waals surface area (Å²) in [5, 5.41) is 22.3. The quantitative estimate of drug-likeness (QED) is 0.171. The van der Waals surface area contributed by atoms with Crippen molar-refractivity contribution in [2.45, 2.75) is 62.4 Å². The highest BCUT2D eigenvalue weighted by Crippen LogP contribution is 2.29. The van der Waals surface area contributed by atoms with Crippen LogP contribution in [0.25, 0.3) is 0 Å². The molecule has 3 heterocycles. The lowest BCUT2D eigenvalue weighted by molar-refractivity contribution is -0.142. The minimum absolute atomic E-state index is 0.0397. The number of carboxylic acids is 1. The van der Waals surface area contributed by atoms with Crippen LogP contribution in [0.1, 0.15) is 33.6 Å². The van der Waals surface area contributed by atoms with E-state index in [1.807, 2.05) is 18.2 Å². The normalized spacial score (nSPS) is 20.4. The Hall–Kier alpha value is -5.70. The number of amides is 4. The van der Waals surface area contributed by atoms with Gasteiger partial charge in [-0.15, -0.1) is 11.3 Å². The van der Waals surface area contributed by atoms with Gasteiger partial charge in [-0.2, -0.15) is 13.2 Å². The minimum atomic E-state index is -4.60. The number of fused-ring (bicyclic) bond motifs is 16. The number of hydrogen-bond acceptors (Lipinski definition) is 7. The third-order valence-corrected chi connectivity index (χ3v) is 9.44. The zero-order valence-corrected chi connectivity index (χ0v) is 29.0. The van der Waals surface area contributed by atoms with E-state index in [1.54, 1.807) is 53.9 Å². The monoisotopic (exact) mass is 750 g/mol. The fourth-order valence-electron chi connectivity index (χ4n) is 5.70. The Labute approximate surface area is 306 Å². The molecule has 5 N–H and O–H groups in total. The van der Waals surface area contributed by atoms with E-state index in [0.717, 1.165) is 22.6 Å². The van der Waals surface area contributed by atoms with Crippen LogP contribution in [-0.4, -0.2) is 65.5 Å². The van der Waals surface area contributed by atoms with Crippen LogP contribution in [-0.2, 0) is 55.8 Å². The molecule has 0 radical (unpaired) electrons. The van der Waals surface area contributed by atoms with Crippen LogP contribution in [0.5, 0.6) is 5.75 Å². The Morgan fingerprint density at radius 2 is 1.38 bits per heavy atom. The van der Waals surface area contributed by atoms with Crippen LogP contribution < -0.4 is 26.0 Å². The lowest BCUT2D eigenvalue weighted by atomic mass is 10.00. The molecular formula is C38H37F3N4O7S. The van der Waals surface area contributed by atoms with E-state index in [0.29, 0.717) is 17.7 Å². The smallest absolute Gasteiger partial charge is 0.416 e. The molecule has 11 nitrogen and oxygen atoms in total. The summed E-state index contributed by atoms with van der Waals surface area (Å²) in [6, 6.07) is 17.7. The van der Waals surface area contributed by atoms with Crippen LogP contribution in [0, 0.1) is 0 Å². The summed E-state index contributed by atoms with van der Waals surface area (Å²) in [4.78, 5) is 67.8. The first-order valence-corrected chi connectivity index (χ1v) is 17.6. The van der Waals surface area contributed by atoms with Crippen LogP contribution in [0.2, 0.25) is 0 Å². The number of alkyl halides is 3. The molecule has 1 aromatic heterocycles. The van der Waals surface area contributed by atoms with Crippen molar-refractivity contribution in [1.82, 2.24) is 21.3 Å². The van der Waals surface area contributed by atoms with Gasteiger partial charge in [-0.05, 0) is 65.2 Å². The van der Waals surface area contributed by atoms with Crippen LogP contribution in [0.4, 0.5) is 13.2 Å². The lowest BCUT2D eigenvalue weighted by Crippen LogP contribution is -2.59. The van der Waals surface area contributed by atoms with Crippen molar-refractivity contribution in [2.75, 3.05) is 6.61 Å². The average Bonchev–Trinajstić information content (AvgIpc) is 3.65. The third kappa shape index (κ3) is 11.4. The standard InChI is InChI=1S/C38H37F3N4O7S/c39-38(40,41)26-13-8-24(9-14-26)19-30-35(48)43-29(17-12-23-5-2-1-3-6-23)34(47)45-32(37(50)51)20-25-10-15-27(16-11-25)52-22-33(46)42-31(36(49)44-30)21-28-7-4-18-53-28/h1-11,13-16,18,29-32H,12,17,19-22H2,(H,42,46)(H,43,48)(H,44,49)(H,45,47)(H,50,51)/t29-,30+,31-,32+/m1/s1. The predicted molar refractivity (Wildman–Crippen MR) is 189 cm³/mol. The van der Waals surface area contributed by atoms with E-state index in [1.165, 1.54) is 23.5 Å². The molecule has 4 aromatic rings. The van der Waals surface area contributed by atoms with Crippen molar-refractivity contribution in [3.05, 3.63) is 124 Å². The van der Waals surface area contributed by atoms with Gasteiger partial charge < -0.3 is 31.1 Å². The average molecular weight is 751 g/mol. The first-order chi connectivity index (χ1) is 25.3. The fraction of sp³-hybridized carbons (Fsp3) is 0.289. The first kappa shape index (κ1) is 38.5. The second-order valence-electron chi connectivity index (χ2n) is 12.5. The van der Waals surface area contributed by atoms with E-state index < -0.39 is 72.1 Å². The molecule has 4 atom stereocenters. The van der Waals surface area contributed by atoms with Crippen LogP contribution in [0.3, 0.4) is 0 Å². The highest BCUT2D eigenvalue weighted by Gasteiger charge is 2.33. The van der Waals surface area contributed by atoms with Gasteiger partial charge >= 0.3 is 12.1 Å². The van der Waals surface area contributed by atoms with Gasteiger partial charge in [0.25, 0.3) is 5.91 Å². The van der Waals surface area contributed by atoms with Gasteiger partial charge in [-0.3, -0.25) is 19.2 Å². The Bertz CT molecular complexity index is 1870. The number of carbonyl (C=O) groups excluding carboxylic acids is 4. The number of ether oxygens (including phenoxy) is 1. The van der Waals surface area contributed by atoms with E-state index in [4.69, 9.17) is 4.74 Å². The summed E-state index contributed by atoms with van der Waals surface area (Å²) in [5.74, 6) is -4.08. The van der Waals surface area contributed by atoms with Gasteiger partial charge in [0.15, 0.2) is 6.61 Å². The number of carboxylic acid groups (broad SMARTS) is 1. The molecule has 278 valence electrons. The Kier molecular flexibility index (Phi) is 12.9. The summed E-state index contributed by atoms with van der Waals surface area (Å²) in [6.07, 6.45) is -4.59. The Morgan fingerprint density at radius 3 is 2.00 bits per heavy atom. The molecule has 0 saturated carbocycles. The minimum Gasteiger partial charge on any atom is -0.484 e. The molecule has 0 spiro atoms. The van der Waals surface area contributed by atoms with Crippen LogP contribution in [0.15, 0.2) is 96.4 Å². The van der Waals surface area contributed by atoms with E-state index in [2.05, 4.69) is 21.3 Å². The molecule has 4 amide bonds. The summed E-state index contributed by atoms with van der Waals surface area (Å²) < 4.78 is 45.5. The number of thiophene rings is 1. The molecule has 2 bridgehead atoms. The maximum Gasteiger partial charge on any atom is 0.416 e. The zero-order valence-electron chi connectivity index (χ0n) is 28.2. The highest BCUT2D eigenvalue weighted by molar-refractivity contribution is 7.09. The van der Waals surface area contributed by atoms with Gasteiger partial charge in [0.1, 0.15) is 29.9 Å². The number of aryl methyl sites for hydroxylation is 1. The predicted octanol–water partition coefficient (Wildman–Crippen LogP) is 3.84. The maximum atomic E-state index is 14.1. The molecule has 0 unspecified atom stereocenters. The Morgan fingerprint density at radius 1 is 0.736 bits per heavy atom. The molecule has 0 fully saturated rings. The molecule has 6 rings (SSSR count). The van der Waals surface area contributed by atoms with Crippen molar-refractivity contribution < 1.29 is 47.0 Å². The Balaban J connectivity index is 1.49. The SMILES string of the molecule is O=C1COc2ccc(cc2)C[C@@H](C(=O)O)NC(=O)[C@@H](CCc2ccccc2)NC(=O)[C@H](Cc2ccc(C(F)(F)F)cc2)NC(=O)[C@@H](Cc2cccs2)N1. The number of hydrogen-bond donors (Lipinski definition) is 5. The van der Waals surface area contributed by atoms with Crippen molar-refractivity contribution in [3.8, 4) is 5.75 Å². The van der Waals surface area contributed by atoms with Crippen molar-refractivity contribution >= 4 is 40.9 Å². The van der Waals surface area contributed by atoms with E-state index in [-0.39, 0.29) is 31.2 Å². The molecule has 0 saturated heterocycles. The number of aliphatic carboxylic acids is 1. The molecule has 53 heavy (non-hydrogen) atoms. The number of benzene rings is 3. The van der Waals surface area contributed by atoms with Gasteiger partial charge in [0.2, 0.25) is 17.7 Å². The van der Waals surface area contributed by atoms with Gasteiger partial charge in [-0.25, -0.2) is 4.79 Å². The number of nitrogens with one attached hydrogen (secondary N) is 4. The van der Waals surface area contributed by atoms with Crippen LogP contribution >= 0.6 is 11.3 Å². The summed E-state index contributed by atoms with van der Waals surface area (Å²) in [7, 11) is 0. The van der Waals surface area contributed by atoms with Gasteiger partial charge in [0, 0.05) is 24.1 Å². The summed E-state index contributed by atoms with van der Waals surface area (Å²) in [6.45, 7) is -0.472. The number of halogens is 3. The summed E-state index contributed by atoms with van der Waals surface area (Å²) >= 11 is 1.34. The fourth-order valence-corrected chi connectivity index (χ4v) is 6.45. The second kappa shape index (κ2) is 17.7. The zero-order chi connectivity index (χ0) is 38.0. The van der Waals surface area contributed by atoms with Gasteiger partial charge in [-0.1, -0.05) is 60.7 Å². The maximum absolute atomic E-state index is 14.1. The topological polar surface area (TPSA) is 163 Å². The molecule has 0 aliphatic carbocycles. The number of carbonyl (C=O) groups is 5. The molecule has 3 aromatic carbocycles. The van der Waals surface area contributed by atoms with Crippen molar-refractivity contribution in [2.24, 2.45) is 0 Å². The van der Waals surface area contributed by atoms with E-state index >= 15 is 0 Å². The second-order valence-corrected chi connectivity index (χ2v) is 13.5. The molecule has 2 aliphatic rings. The largest absolute Gasteiger partial charge is 0.484 e. The third-order valence-electron chi connectivity index (χ3n) is 8.54. The van der Waals surface area contributed by atoms with Crippen molar-refractivity contribution in [3.63, 3.8) is 0 Å². The molecule has 2 aliphatic heterocycles. The molecule has 15 heteroatoms. The molecular weight excluding hydrogens is 714 g/mol. The summed E-state index contributed by atoms with van der Waals surface area (Å²) in [5.41, 5.74) is 0.741. The van der Waals surface area contributed by atoms with Gasteiger partial charge in [0.05, 0.1) is 5.56 Å². The first-order valence-electron chi connectivity index (χ1n) is 16.7. The van der Waals surface area contributed by atoms with Crippen molar-refractivity contribution in [1.29, 1.82) is 0 Å². The highest BCUT2D eigenvalue weighted by atomic mass is 32.1.